The molecule has 0 spiro atoms. The van der Waals surface area contributed by atoms with E-state index in [1.807, 2.05) is 17.0 Å². The van der Waals surface area contributed by atoms with Crippen LogP contribution in [0.15, 0.2) is 18.2 Å². The summed E-state index contributed by atoms with van der Waals surface area (Å²) < 4.78 is 0. The summed E-state index contributed by atoms with van der Waals surface area (Å²) in [5, 5.41) is 12.4. The lowest BCUT2D eigenvalue weighted by Crippen LogP contribution is -2.47. The highest BCUT2D eigenvalue weighted by atomic mass is 16.3. The van der Waals surface area contributed by atoms with Crippen molar-refractivity contribution in [2.24, 2.45) is 0 Å². The molecule has 18 heavy (non-hydrogen) atoms. The summed E-state index contributed by atoms with van der Waals surface area (Å²) in [4.78, 5) is 14.1. The van der Waals surface area contributed by atoms with Crippen LogP contribution in [0, 0.1) is 0 Å². The minimum Gasteiger partial charge on any atom is -0.392 e. The number of benzene rings is 1. The van der Waals surface area contributed by atoms with Gasteiger partial charge in [0.15, 0.2) is 0 Å². The van der Waals surface area contributed by atoms with Gasteiger partial charge >= 0.3 is 0 Å². The quantitative estimate of drug-likeness (QED) is 0.759. The van der Waals surface area contributed by atoms with E-state index >= 15 is 0 Å². The molecule has 1 amide bonds. The lowest BCUT2D eigenvalue weighted by atomic mass is 9.97. The molecule has 0 saturated carbocycles. The summed E-state index contributed by atoms with van der Waals surface area (Å²) in [5.74, 6) is -0.0590. The highest BCUT2D eigenvalue weighted by molar-refractivity contribution is 6.00. The number of fused-ring (bicyclic) bond motifs is 1. The zero-order chi connectivity index (χ0) is 12.7. The Bertz CT molecular complexity index is 489. The fourth-order valence-electron chi connectivity index (χ4n) is 2.77. The lowest BCUT2D eigenvalue weighted by Gasteiger charge is -2.31. The van der Waals surface area contributed by atoms with E-state index in [-0.39, 0.29) is 18.1 Å². The van der Waals surface area contributed by atoms with Gasteiger partial charge < -0.3 is 10.4 Å². The van der Waals surface area contributed by atoms with Crippen molar-refractivity contribution in [3.8, 4) is 0 Å². The van der Waals surface area contributed by atoms with Crippen molar-refractivity contribution in [3.05, 3.63) is 23.8 Å². The number of nitrogens with zero attached hydrogens (tertiary/aromatic N) is 1. The second-order valence-corrected chi connectivity index (χ2v) is 4.99. The zero-order valence-corrected chi connectivity index (χ0v) is 10.0. The van der Waals surface area contributed by atoms with Crippen LogP contribution in [0.1, 0.15) is 12.0 Å². The smallest absolute Gasteiger partial charge is 0.242 e. The normalized spacial score (nSPS) is 27.9. The molecule has 2 heterocycles. The first-order valence-corrected chi connectivity index (χ1v) is 6.21. The van der Waals surface area contributed by atoms with E-state index in [1.54, 1.807) is 6.07 Å². The van der Waals surface area contributed by atoms with E-state index in [0.717, 1.165) is 18.5 Å². The number of carbonyl (C=O) groups excluding carboxylic acids is 1. The van der Waals surface area contributed by atoms with Gasteiger partial charge in [-0.3, -0.25) is 15.4 Å². The Morgan fingerprint density at radius 1 is 1.44 bits per heavy atom. The average Bonchev–Trinajstić information content (AvgIpc) is 2.76. The number of hydrogen-bond donors (Lipinski definition) is 2. The van der Waals surface area contributed by atoms with Crippen LogP contribution in [-0.4, -0.2) is 41.1 Å². The van der Waals surface area contributed by atoms with Gasteiger partial charge in [-0.15, -0.1) is 0 Å². The standard InChI is InChI=1S/C13H16N3O2/c14-10-3-1-2-8-6-11(13(18)15-12(8)10)16-5-4-9(17)7-16/h1-3,9,11,14,17H,4-7H2,(H,15,18)/t9-,11?/m0/s1. The third kappa shape index (κ3) is 1.85. The van der Waals surface area contributed by atoms with Crippen LogP contribution in [-0.2, 0) is 11.2 Å². The van der Waals surface area contributed by atoms with E-state index in [2.05, 4.69) is 5.32 Å². The van der Waals surface area contributed by atoms with E-state index in [4.69, 9.17) is 5.73 Å². The average molecular weight is 246 g/mol. The largest absolute Gasteiger partial charge is 0.392 e. The molecule has 0 bridgehead atoms. The van der Waals surface area contributed by atoms with Crippen molar-refractivity contribution in [2.45, 2.75) is 25.0 Å². The Kier molecular flexibility index (Phi) is 2.72. The molecule has 5 nitrogen and oxygen atoms in total. The molecule has 3 rings (SSSR count). The number of amides is 1. The molecule has 2 aliphatic rings. The van der Waals surface area contributed by atoms with E-state index in [9.17, 15) is 9.90 Å². The number of aliphatic hydroxyl groups excluding tert-OH is 1. The highest BCUT2D eigenvalue weighted by Gasteiger charge is 2.35. The number of rotatable bonds is 1. The van der Waals surface area contributed by atoms with Crippen LogP contribution < -0.4 is 11.1 Å². The van der Waals surface area contributed by atoms with Gasteiger partial charge in [0.1, 0.15) is 0 Å². The first-order chi connectivity index (χ1) is 8.65. The lowest BCUT2D eigenvalue weighted by molar-refractivity contribution is -0.121. The molecular formula is C13H16N3O2. The molecule has 1 fully saturated rings. The third-order valence-corrected chi connectivity index (χ3v) is 3.75. The van der Waals surface area contributed by atoms with E-state index in [1.165, 1.54) is 0 Å². The minimum absolute atomic E-state index is 0.0590. The molecule has 2 aliphatic heterocycles. The van der Waals surface area contributed by atoms with Crippen LogP contribution in [0.2, 0.25) is 0 Å². The van der Waals surface area contributed by atoms with Crippen molar-refractivity contribution in [1.82, 2.24) is 10.6 Å². The fraction of sp³-hybridized carbons (Fsp3) is 0.462. The maximum atomic E-state index is 12.1. The Morgan fingerprint density at radius 2 is 2.28 bits per heavy atom. The van der Waals surface area contributed by atoms with Crippen molar-refractivity contribution in [3.63, 3.8) is 0 Å². The van der Waals surface area contributed by atoms with Gasteiger partial charge in [0.05, 0.1) is 23.5 Å². The molecule has 1 aromatic carbocycles. The maximum Gasteiger partial charge on any atom is 0.242 e. The number of β-amino-alcohol motifs (C(OH)–C–C–N with tert-alkyl or cyclic N) is 1. The number of aliphatic hydroxyl groups is 1. The van der Waals surface area contributed by atoms with E-state index in [0.29, 0.717) is 24.3 Å². The Labute approximate surface area is 106 Å². The van der Waals surface area contributed by atoms with Crippen molar-refractivity contribution in [1.29, 1.82) is 0 Å². The van der Waals surface area contributed by atoms with Crippen molar-refractivity contribution < 1.29 is 9.90 Å². The zero-order valence-electron chi connectivity index (χ0n) is 10.0. The first-order valence-electron chi connectivity index (χ1n) is 6.21. The van der Waals surface area contributed by atoms with Crippen LogP contribution >= 0.6 is 0 Å². The number of likely N-dealkylation sites (tertiary alicyclic amines) is 1. The molecule has 1 saturated heterocycles. The number of nitrogens with one attached hydrogen (secondary N) is 2. The van der Waals surface area contributed by atoms with Crippen LogP contribution in [0.4, 0.5) is 11.4 Å². The van der Waals surface area contributed by atoms with Gasteiger partial charge in [0, 0.05) is 13.1 Å². The molecule has 1 radical (unpaired) electrons. The van der Waals surface area contributed by atoms with Crippen molar-refractivity contribution in [2.75, 3.05) is 18.4 Å². The molecule has 95 valence electrons. The molecule has 3 N–H and O–H groups in total. The Balaban J connectivity index is 1.86. The molecule has 1 aromatic rings. The second kappa shape index (κ2) is 4.26. The summed E-state index contributed by atoms with van der Waals surface area (Å²) in [7, 11) is 0. The van der Waals surface area contributed by atoms with Crippen LogP contribution in [0.25, 0.3) is 0 Å². The summed E-state index contributed by atoms with van der Waals surface area (Å²) >= 11 is 0. The van der Waals surface area contributed by atoms with Gasteiger partial charge in [0.25, 0.3) is 0 Å². The monoisotopic (exact) mass is 246 g/mol. The highest BCUT2D eigenvalue weighted by Crippen LogP contribution is 2.31. The van der Waals surface area contributed by atoms with Crippen LogP contribution in [0.5, 0.6) is 0 Å². The number of anilines is 1. The van der Waals surface area contributed by atoms with Gasteiger partial charge in [-0.1, -0.05) is 12.1 Å². The van der Waals surface area contributed by atoms with Gasteiger partial charge in [-0.2, -0.15) is 0 Å². The predicted molar refractivity (Wildman–Crippen MR) is 67.5 cm³/mol. The van der Waals surface area contributed by atoms with Gasteiger partial charge in [-0.05, 0) is 24.5 Å². The Morgan fingerprint density at radius 3 is 3.00 bits per heavy atom. The summed E-state index contributed by atoms with van der Waals surface area (Å²) in [6.07, 6.45) is 1.04. The molecule has 0 aliphatic carbocycles. The minimum atomic E-state index is -0.318. The van der Waals surface area contributed by atoms with Gasteiger partial charge in [-0.25, -0.2) is 0 Å². The summed E-state index contributed by atoms with van der Waals surface area (Å²) in [6.45, 7) is 1.32. The van der Waals surface area contributed by atoms with Crippen molar-refractivity contribution >= 4 is 17.3 Å². The summed E-state index contributed by atoms with van der Waals surface area (Å²) in [6, 6.07) is 5.26. The SMILES string of the molecule is [NH]c1cccc2c1NC(=O)C(N1CC[C@H](O)C1)C2. The molecule has 5 heteroatoms. The fourth-order valence-corrected chi connectivity index (χ4v) is 2.77. The second-order valence-electron chi connectivity index (χ2n) is 4.99. The number of para-hydroxylation sites is 1. The topological polar surface area (TPSA) is 76.4 Å². The van der Waals surface area contributed by atoms with Gasteiger partial charge in [0.2, 0.25) is 5.91 Å². The maximum absolute atomic E-state index is 12.1. The molecule has 1 unspecified atom stereocenters. The number of carbonyl (C=O) groups is 1. The number of hydrogen-bond acceptors (Lipinski definition) is 3. The van der Waals surface area contributed by atoms with E-state index < -0.39 is 0 Å². The van der Waals surface area contributed by atoms with Crippen LogP contribution in [0.3, 0.4) is 0 Å². The molecule has 2 atom stereocenters. The summed E-state index contributed by atoms with van der Waals surface area (Å²) in [5.41, 5.74) is 9.78. The molecular weight excluding hydrogens is 230 g/mol. The third-order valence-electron chi connectivity index (χ3n) is 3.75. The predicted octanol–water partition coefficient (Wildman–Crippen LogP) is 0.531. The Hall–Kier alpha value is -1.59. The molecule has 0 aromatic heterocycles. The first kappa shape index (κ1) is 11.5.